The van der Waals surface area contributed by atoms with Crippen LogP contribution in [0.4, 0.5) is 0 Å². The third-order valence-corrected chi connectivity index (χ3v) is 3.17. The minimum atomic E-state index is -2.40. The monoisotopic (exact) mass is 232 g/mol. The van der Waals surface area contributed by atoms with E-state index in [0.29, 0.717) is 11.4 Å². The van der Waals surface area contributed by atoms with Gasteiger partial charge in [0, 0.05) is 31.8 Å². The number of aryl methyl sites for hydroxylation is 3. The molecule has 0 amide bonds. The molecule has 0 bridgehead atoms. The van der Waals surface area contributed by atoms with E-state index in [1.807, 2.05) is 31.2 Å². The Morgan fingerprint density at radius 3 is 2.35 bits per heavy atom. The average Bonchev–Trinajstić information content (AvgIpc) is 2.40. The molecule has 0 aliphatic rings. The second-order valence-corrected chi connectivity index (χ2v) is 4.28. The maximum absolute atomic E-state index is 7.84. The summed E-state index contributed by atoms with van der Waals surface area (Å²) in [5, 5.41) is 0. The summed E-state index contributed by atoms with van der Waals surface area (Å²) in [7, 11) is 1.71. The molecule has 2 aromatic rings. The van der Waals surface area contributed by atoms with Crippen molar-refractivity contribution in [2.24, 2.45) is 7.05 Å². The molecule has 1 aromatic heterocycles. The molecule has 88 valence electrons. The zero-order valence-electron chi connectivity index (χ0n) is 16.3. The molecular weight excluding hydrogens is 206 g/mol. The Labute approximate surface area is 112 Å². The van der Waals surface area contributed by atoms with Gasteiger partial charge in [-0.1, -0.05) is 18.2 Å². The molecule has 0 saturated carbocycles. The first-order chi connectivity index (χ1) is 10.4. The van der Waals surface area contributed by atoms with Crippen LogP contribution in [-0.2, 0) is 7.05 Å². The van der Waals surface area contributed by atoms with Crippen LogP contribution in [-0.4, -0.2) is 0 Å². The lowest BCUT2D eigenvalue weighted by molar-refractivity contribution is -0.667. The van der Waals surface area contributed by atoms with Gasteiger partial charge in [0.1, 0.15) is 7.05 Å². The largest absolute Gasteiger partial charge is 0.215 e. The first-order valence-electron chi connectivity index (χ1n) is 8.55. The smallest absolute Gasteiger partial charge is 0.198 e. The summed E-state index contributed by atoms with van der Waals surface area (Å²) in [6.45, 7) is -1.15. The standard InChI is InChI=1S/C16H20N/c1-11-8-6-7-9-15(11)16-13(3)10-12(2)14(4)17(16)5/h6-10H,1-5H3/q+1/i2D3,3D3. The molecular formula is C16H20N+. The van der Waals surface area contributed by atoms with E-state index in [0.717, 1.165) is 11.1 Å². The van der Waals surface area contributed by atoms with E-state index in [4.69, 9.17) is 8.22 Å². The van der Waals surface area contributed by atoms with E-state index in [2.05, 4.69) is 0 Å². The van der Waals surface area contributed by atoms with E-state index in [1.165, 1.54) is 6.07 Å². The summed E-state index contributed by atoms with van der Waals surface area (Å²) >= 11 is 0. The lowest BCUT2D eigenvalue weighted by atomic mass is 9.99. The molecule has 1 heteroatoms. The third-order valence-electron chi connectivity index (χ3n) is 3.17. The molecule has 1 heterocycles. The Bertz CT molecular complexity index is 743. The molecule has 0 fully saturated rings. The van der Waals surface area contributed by atoms with Crippen molar-refractivity contribution in [1.82, 2.24) is 0 Å². The maximum atomic E-state index is 7.84. The fourth-order valence-corrected chi connectivity index (χ4v) is 2.01. The lowest BCUT2D eigenvalue weighted by Crippen LogP contribution is -2.36. The van der Waals surface area contributed by atoms with Crippen molar-refractivity contribution in [2.45, 2.75) is 27.6 Å². The van der Waals surface area contributed by atoms with Gasteiger partial charge in [-0.25, -0.2) is 0 Å². The number of rotatable bonds is 1. The second kappa shape index (κ2) is 4.33. The van der Waals surface area contributed by atoms with Crippen LogP contribution in [0.5, 0.6) is 0 Å². The van der Waals surface area contributed by atoms with Crippen molar-refractivity contribution in [3.63, 3.8) is 0 Å². The molecule has 1 aromatic carbocycles. The van der Waals surface area contributed by atoms with Gasteiger partial charge in [-0.2, -0.15) is 4.57 Å². The molecule has 0 unspecified atom stereocenters. The normalized spacial score (nSPS) is 17.4. The molecule has 0 aliphatic carbocycles. The van der Waals surface area contributed by atoms with E-state index in [9.17, 15) is 0 Å². The van der Waals surface area contributed by atoms with Crippen molar-refractivity contribution in [3.8, 4) is 11.3 Å². The number of benzene rings is 1. The number of nitrogens with zero attached hydrogens (tertiary/aromatic N) is 1. The second-order valence-electron chi connectivity index (χ2n) is 4.28. The van der Waals surface area contributed by atoms with Crippen LogP contribution in [0.3, 0.4) is 0 Å². The van der Waals surface area contributed by atoms with Crippen LogP contribution in [0.2, 0.25) is 0 Å². The van der Waals surface area contributed by atoms with E-state index in [1.54, 1.807) is 18.5 Å². The summed E-state index contributed by atoms with van der Waals surface area (Å²) in [6, 6.07) is 8.81. The van der Waals surface area contributed by atoms with Crippen LogP contribution in [0, 0.1) is 27.6 Å². The van der Waals surface area contributed by atoms with Gasteiger partial charge in [0.05, 0.1) is 0 Å². The number of hydrogen-bond acceptors (Lipinski definition) is 0. The molecule has 1 nitrogen and oxygen atoms in total. The van der Waals surface area contributed by atoms with Crippen molar-refractivity contribution < 1.29 is 12.8 Å². The van der Waals surface area contributed by atoms with Gasteiger partial charge < -0.3 is 0 Å². The minimum absolute atomic E-state index is 0.0611. The summed E-state index contributed by atoms with van der Waals surface area (Å²) in [5.41, 5.74) is 2.94. The first-order valence-corrected chi connectivity index (χ1v) is 5.55. The molecule has 0 aliphatic heterocycles. The van der Waals surface area contributed by atoms with Gasteiger partial charge in [-0.3, -0.25) is 0 Å². The Balaban J connectivity index is 2.93. The maximum Gasteiger partial charge on any atom is 0.215 e. The fourth-order valence-electron chi connectivity index (χ4n) is 2.01. The molecule has 0 N–H and O–H groups in total. The SMILES string of the molecule is [2H]C([2H])([2H])c1cc(C([2H])([2H])[2H])c(-c2ccccc2C)[n+](C)c1C. The number of aromatic nitrogens is 1. The van der Waals surface area contributed by atoms with Crippen LogP contribution < -0.4 is 4.57 Å². The van der Waals surface area contributed by atoms with Crippen LogP contribution in [0.15, 0.2) is 30.3 Å². The Morgan fingerprint density at radius 2 is 1.71 bits per heavy atom. The highest BCUT2D eigenvalue weighted by Crippen LogP contribution is 2.24. The highest BCUT2D eigenvalue weighted by atomic mass is 14.9. The minimum Gasteiger partial charge on any atom is -0.198 e. The number of pyridine rings is 1. The predicted octanol–water partition coefficient (Wildman–Crippen LogP) is 3.41. The van der Waals surface area contributed by atoms with Gasteiger partial charge in [0.2, 0.25) is 5.69 Å². The van der Waals surface area contributed by atoms with Gasteiger partial charge in [0.15, 0.2) is 5.69 Å². The molecule has 17 heavy (non-hydrogen) atoms. The molecule has 0 spiro atoms. The van der Waals surface area contributed by atoms with Crippen LogP contribution in [0.1, 0.15) is 30.6 Å². The predicted molar refractivity (Wildman–Crippen MR) is 72.0 cm³/mol. The third kappa shape index (κ3) is 1.97. The zero-order chi connectivity index (χ0) is 17.6. The van der Waals surface area contributed by atoms with E-state index >= 15 is 0 Å². The zero-order valence-corrected chi connectivity index (χ0v) is 10.3. The number of hydrogen-bond donors (Lipinski definition) is 0. The highest BCUT2D eigenvalue weighted by Gasteiger charge is 2.18. The van der Waals surface area contributed by atoms with Crippen molar-refractivity contribution in [2.75, 3.05) is 0 Å². The molecule has 0 saturated heterocycles. The Kier molecular flexibility index (Phi) is 1.61. The Hall–Kier alpha value is -1.63. The topological polar surface area (TPSA) is 3.88 Å². The fraction of sp³-hybridized carbons (Fsp3) is 0.312. The van der Waals surface area contributed by atoms with E-state index < -0.39 is 13.7 Å². The van der Waals surface area contributed by atoms with Crippen LogP contribution >= 0.6 is 0 Å². The van der Waals surface area contributed by atoms with Gasteiger partial charge in [0.25, 0.3) is 0 Å². The summed E-state index contributed by atoms with van der Waals surface area (Å²) in [5.74, 6) is 0. The first kappa shape index (κ1) is 6.34. The average molecular weight is 232 g/mol. The van der Waals surface area contributed by atoms with Gasteiger partial charge >= 0.3 is 0 Å². The summed E-state index contributed by atoms with van der Waals surface area (Å²) in [4.78, 5) is 0. The molecule has 2 rings (SSSR count). The van der Waals surface area contributed by atoms with Crippen molar-refractivity contribution in [1.29, 1.82) is 0 Å². The van der Waals surface area contributed by atoms with Gasteiger partial charge in [-0.05, 0) is 38.3 Å². The molecule has 0 atom stereocenters. The van der Waals surface area contributed by atoms with Crippen LogP contribution in [0.25, 0.3) is 11.3 Å². The summed E-state index contributed by atoms with van der Waals surface area (Å²) in [6.07, 6.45) is 0. The van der Waals surface area contributed by atoms with Gasteiger partial charge in [-0.15, -0.1) is 0 Å². The summed E-state index contributed by atoms with van der Waals surface area (Å²) < 4.78 is 48.2. The molecule has 0 radical (unpaired) electrons. The van der Waals surface area contributed by atoms with Crippen molar-refractivity contribution in [3.05, 3.63) is 52.7 Å². The Morgan fingerprint density at radius 1 is 1.00 bits per heavy atom. The lowest BCUT2D eigenvalue weighted by Gasteiger charge is -2.10. The van der Waals surface area contributed by atoms with Crippen molar-refractivity contribution >= 4 is 0 Å². The highest BCUT2D eigenvalue weighted by molar-refractivity contribution is 5.64. The quantitative estimate of drug-likeness (QED) is 0.663. The van der Waals surface area contributed by atoms with E-state index in [-0.39, 0.29) is 11.1 Å².